The van der Waals surface area contributed by atoms with Gasteiger partial charge in [-0.15, -0.1) is 0 Å². The number of hydrogen-bond acceptors (Lipinski definition) is 3. The minimum absolute atomic E-state index is 0.259. The number of carbonyl (C=O) groups excluding carboxylic acids is 1. The summed E-state index contributed by atoms with van der Waals surface area (Å²) in [5.74, 6) is 0.981. The lowest BCUT2D eigenvalue weighted by molar-refractivity contribution is -0.127. The van der Waals surface area contributed by atoms with Crippen LogP contribution in [0.1, 0.15) is 31.2 Å². The molecule has 160 valence electrons. The Kier molecular flexibility index (Phi) is 8.00. The molecule has 2 aromatic rings. The van der Waals surface area contributed by atoms with Crippen LogP contribution in [0, 0.1) is 0 Å². The maximum atomic E-state index is 12.2. The first-order valence-electron chi connectivity index (χ1n) is 9.95. The zero-order valence-corrected chi connectivity index (χ0v) is 19.0. The molecule has 1 unspecified atom stereocenters. The van der Waals surface area contributed by atoms with Crippen molar-refractivity contribution in [3.8, 4) is 0 Å². The lowest BCUT2D eigenvalue weighted by Crippen LogP contribution is -2.49. The summed E-state index contributed by atoms with van der Waals surface area (Å²) in [5.41, 5.74) is 0.966. The molecular weight excluding hydrogens is 443 g/mol. The summed E-state index contributed by atoms with van der Waals surface area (Å²) in [6.07, 6.45) is 3.54. The van der Waals surface area contributed by atoms with Crippen LogP contribution >= 0.6 is 34.8 Å². The molecule has 1 saturated heterocycles. The summed E-state index contributed by atoms with van der Waals surface area (Å²) >= 11 is 18.1. The smallest absolute Gasteiger partial charge is 0.196 e. The Morgan fingerprint density at radius 1 is 0.933 bits per heavy atom. The highest BCUT2D eigenvalue weighted by Crippen LogP contribution is 2.37. The predicted molar refractivity (Wildman–Crippen MR) is 125 cm³/mol. The average Bonchev–Trinajstić information content (AvgIpc) is 3.26. The molecule has 0 bridgehead atoms. The Bertz CT molecular complexity index is 906. The molecular formula is C22H25Cl3N4O. The third-order valence-corrected chi connectivity index (χ3v) is 6.25. The Balaban J connectivity index is 0.000000172. The number of aliphatic imine (C=N–C) groups is 1. The standard InChI is InChI=1S/C13H16ClNO.C9H9Cl2N3/c1-15-13(9-5-4-8-12(13)16)10-6-2-3-7-11(10)14;10-6-2-1-3-7(11)8(6)14-9-12-4-5-13-9/h2-3,6-7,15H,4-5,8-9H2,1H3;1-3H,4-5H2,(H2,12,13,14). The number of ketones is 1. The normalized spacial score (nSPS) is 20.7. The quantitative estimate of drug-likeness (QED) is 0.589. The van der Waals surface area contributed by atoms with Gasteiger partial charge in [0.2, 0.25) is 0 Å². The molecule has 30 heavy (non-hydrogen) atoms. The van der Waals surface area contributed by atoms with Gasteiger partial charge in [-0.3, -0.25) is 4.79 Å². The molecule has 5 nitrogen and oxygen atoms in total. The second kappa shape index (κ2) is 10.5. The maximum absolute atomic E-state index is 12.2. The summed E-state index contributed by atoms with van der Waals surface area (Å²) < 4.78 is 0. The van der Waals surface area contributed by atoms with E-state index in [0.29, 0.717) is 27.2 Å². The van der Waals surface area contributed by atoms with Gasteiger partial charge in [0.05, 0.1) is 10.0 Å². The number of halogens is 3. The number of hydrogen-bond donors (Lipinski definition) is 3. The van der Waals surface area contributed by atoms with Crippen molar-refractivity contribution in [2.45, 2.75) is 31.2 Å². The van der Waals surface area contributed by atoms with E-state index < -0.39 is 5.54 Å². The van der Waals surface area contributed by atoms with E-state index in [1.54, 1.807) is 18.2 Å². The number of benzene rings is 2. The van der Waals surface area contributed by atoms with Gasteiger partial charge in [-0.05, 0) is 43.7 Å². The molecule has 8 heteroatoms. The molecule has 4 rings (SSSR count). The molecule has 2 aromatic carbocycles. The van der Waals surface area contributed by atoms with E-state index in [9.17, 15) is 4.79 Å². The zero-order chi connectivity index (χ0) is 21.6. The van der Waals surface area contributed by atoms with Gasteiger partial charge in [0.1, 0.15) is 11.2 Å². The summed E-state index contributed by atoms with van der Waals surface area (Å²) in [6.45, 7) is 1.75. The van der Waals surface area contributed by atoms with Crippen LogP contribution in [0.4, 0.5) is 5.69 Å². The molecule has 0 amide bonds. The second-order valence-corrected chi connectivity index (χ2v) is 8.37. The second-order valence-electron chi connectivity index (χ2n) is 7.15. The number of rotatable bonds is 3. The van der Waals surface area contributed by atoms with E-state index in [-0.39, 0.29) is 5.78 Å². The predicted octanol–water partition coefficient (Wildman–Crippen LogP) is 5.07. The number of guanidine groups is 1. The topological polar surface area (TPSA) is 65.5 Å². The van der Waals surface area contributed by atoms with E-state index in [1.165, 1.54) is 0 Å². The SMILES string of the molecule is CNC1(c2ccccc2Cl)CCCCC1=O.Clc1cccc(Cl)c1N=C1NCCN1. The van der Waals surface area contributed by atoms with Crippen molar-refractivity contribution in [2.75, 3.05) is 20.1 Å². The summed E-state index contributed by atoms with van der Waals surface area (Å²) in [4.78, 5) is 16.5. The first-order chi connectivity index (χ1) is 14.5. The third kappa shape index (κ3) is 5.09. The largest absolute Gasteiger partial charge is 0.354 e. The Morgan fingerprint density at radius 2 is 1.57 bits per heavy atom. The van der Waals surface area contributed by atoms with Gasteiger partial charge < -0.3 is 16.0 Å². The van der Waals surface area contributed by atoms with Gasteiger partial charge in [-0.1, -0.05) is 65.5 Å². The van der Waals surface area contributed by atoms with Crippen molar-refractivity contribution in [1.29, 1.82) is 0 Å². The fraction of sp³-hybridized carbons (Fsp3) is 0.364. The fourth-order valence-corrected chi connectivity index (χ4v) is 4.51. The van der Waals surface area contributed by atoms with Crippen molar-refractivity contribution < 1.29 is 4.79 Å². The lowest BCUT2D eigenvalue weighted by atomic mass is 9.75. The van der Waals surface area contributed by atoms with Gasteiger partial charge in [0.25, 0.3) is 0 Å². The van der Waals surface area contributed by atoms with Gasteiger partial charge in [0.15, 0.2) is 11.7 Å². The first kappa shape index (κ1) is 22.9. The van der Waals surface area contributed by atoms with Crippen molar-refractivity contribution in [2.24, 2.45) is 4.99 Å². The molecule has 1 saturated carbocycles. The van der Waals surface area contributed by atoms with E-state index in [4.69, 9.17) is 34.8 Å². The van der Waals surface area contributed by atoms with Crippen LogP contribution in [0.5, 0.6) is 0 Å². The highest BCUT2D eigenvalue weighted by atomic mass is 35.5. The Morgan fingerprint density at radius 3 is 2.17 bits per heavy atom. The zero-order valence-electron chi connectivity index (χ0n) is 16.8. The minimum Gasteiger partial charge on any atom is -0.354 e. The van der Waals surface area contributed by atoms with Crippen molar-refractivity contribution >= 4 is 52.2 Å². The van der Waals surface area contributed by atoms with E-state index in [0.717, 1.165) is 43.9 Å². The Hall–Kier alpha value is -1.79. The molecule has 0 aromatic heterocycles. The van der Waals surface area contributed by atoms with Gasteiger partial charge >= 0.3 is 0 Å². The first-order valence-corrected chi connectivity index (χ1v) is 11.1. The van der Waals surface area contributed by atoms with Crippen molar-refractivity contribution in [3.63, 3.8) is 0 Å². The lowest BCUT2D eigenvalue weighted by Gasteiger charge is -2.36. The van der Waals surface area contributed by atoms with Crippen LogP contribution in [0.3, 0.4) is 0 Å². The Labute approximate surface area is 192 Å². The molecule has 0 radical (unpaired) electrons. The summed E-state index contributed by atoms with van der Waals surface area (Å²) in [6, 6.07) is 12.9. The molecule has 2 fully saturated rings. The van der Waals surface area contributed by atoms with Crippen LogP contribution in [-0.4, -0.2) is 31.9 Å². The molecule has 1 aliphatic carbocycles. The van der Waals surface area contributed by atoms with Gasteiger partial charge in [-0.25, -0.2) is 4.99 Å². The van der Waals surface area contributed by atoms with Crippen molar-refractivity contribution in [1.82, 2.24) is 16.0 Å². The van der Waals surface area contributed by atoms with Crippen molar-refractivity contribution in [3.05, 3.63) is 63.1 Å². The fourth-order valence-electron chi connectivity index (χ4n) is 3.73. The van der Waals surface area contributed by atoms with Gasteiger partial charge in [-0.2, -0.15) is 0 Å². The maximum Gasteiger partial charge on any atom is 0.196 e. The number of nitrogens with zero attached hydrogens (tertiary/aromatic N) is 1. The summed E-state index contributed by atoms with van der Waals surface area (Å²) in [5, 5.41) is 11.1. The number of nitrogens with one attached hydrogen (secondary N) is 3. The van der Waals surface area contributed by atoms with Crippen LogP contribution < -0.4 is 16.0 Å². The molecule has 1 atom stereocenters. The monoisotopic (exact) mass is 466 g/mol. The highest BCUT2D eigenvalue weighted by Gasteiger charge is 2.41. The number of Topliss-reactive ketones (excluding diaryl/α,β-unsaturated/α-hetero) is 1. The molecule has 1 aliphatic heterocycles. The summed E-state index contributed by atoms with van der Waals surface area (Å²) in [7, 11) is 1.84. The number of carbonyl (C=O) groups is 1. The molecule has 1 heterocycles. The number of para-hydroxylation sites is 1. The third-order valence-electron chi connectivity index (χ3n) is 5.31. The highest BCUT2D eigenvalue weighted by molar-refractivity contribution is 6.38. The van der Waals surface area contributed by atoms with E-state index in [2.05, 4.69) is 20.9 Å². The molecule has 2 aliphatic rings. The average molecular weight is 468 g/mol. The van der Waals surface area contributed by atoms with Crippen LogP contribution in [0.25, 0.3) is 0 Å². The van der Waals surface area contributed by atoms with E-state index >= 15 is 0 Å². The minimum atomic E-state index is -0.559. The van der Waals surface area contributed by atoms with Crippen LogP contribution in [-0.2, 0) is 10.3 Å². The van der Waals surface area contributed by atoms with Crippen LogP contribution in [0.15, 0.2) is 47.5 Å². The van der Waals surface area contributed by atoms with Gasteiger partial charge in [0, 0.05) is 24.5 Å². The number of likely N-dealkylation sites (N-methyl/N-ethyl adjacent to an activating group) is 1. The molecule has 0 spiro atoms. The van der Waals surface area contributed by atoms with Crippen LogP contribution in [0.2, 0.25) is 15.1 Å². The molecule has 3 N–H and O–H groups in total. The van der Waals surface area contributed by atoms with E-state index in [1.807, 2.05) is 31.3 Å².